The number of hydrogen-bond donors (Lipinski definition) is 3. The molecule has 0 aliphatic heterocycles. The second kappa shape index (κ2) is 5.16. The molecule has 2 atom stereocenters. The van der Waals surface area contributed by atoms with Crippen LogP contribution in [0.1, 0.15) is 26.2 Å². The highest BCUT2D eigenvalue weighted by Crippen LogP contribution is 2.28. The zero-order valence-corrected chi connectivity index (χ0v) is 11.2. The van der Waals surface area contributed by atoms with Crippen molar-refractivity contribution in [3.63, 3.8) is 0 Å². The Hall–Kier alpha value is -1.27. The second-order valence-electron chi connectivity index (χ2n) is 4.99. The lowest BCUT2D eigenvalue weighted by Crippen LogP contribution is -2.22. The van der Waals surface area contributed by atoms with Crippen LogP contribution in [0, 0.1) is 5.92 Å². The predicted octanol–water partition coefficient (Wildman–Crippen LogP) is 1.90. The quantitative estimate of drug-likeness (QED) is 0.780. The standard InChI is InChI=1S/C12H19N3O2S/c1-9-5-6-11(7-9)14-10-3-2-4-12(8-10)15-18(13,16)17/h2-4,8-9,11,14-15H,5-7H2,1H3,(H2,13,16,17). The minimum absolute atomic E-state index is 0.477. The van der Waals surface area contributed by atoms with Crippen molar-refractivity contribution in [2.45, 2.75) is 32.2 Å². The first-order valence-corrected chi connectivity index (χ1v) is 7.64. The molecule has 0 aromatic heterocycles. The highest BCUT2D eigenvalue weighted by molar-refractivity contribution is 7.90. The maximum atomic E-state index is 10.9. The summed E-state index contributed by atoms with van der Waals surface area (Å²) in [6, 6.07) is 7.64. The van der Waals surface area contributed by atoms with E-state index in [0.29, 0.717) is 11.7 Å². The molecular weight excluding hydrogens is 250 g/mol. The number of benzene rings is 1. The molecule has 2 rings (SSSR count). The van der Waals surface area contributed by atoms with E-state index in [1.807, 2.05) is 6.07 Å². The lowest BCUT2D eigenvalue weighted by molar-refractivity contribution is 0.602. The van der Waals surface area contributed by atoms with Crippen LogP contribution in [0.3, 0.4) is 0 Å². The van der Waals surface area contributed by atoms with E-state index in [1.54, 1.807) is 18.2 Å². The molecule has 18 heavy (non-hydrogen) atoms. The van der Waals surface area contributed by atoms with Gasteiger partial charge >= 0.3 is 0 Å². The van der Waals surface area contributed by atoms with Crippen molar-refractivity contribution in [2.75, 3.05) is 10.0 Å². The molecular formula is C12H19N3O2S. The van der Waals surface area contributed by atoms with Gasteiger partial charge in [-0.2, -0.15) is 8.42 Å². The molecule has 1 aromatic carbocycles. The van der Waals surface area contributed by atoms with Crippen LogP contribution in [0.25, 0.3) is 0 Å². The Morgan fingerprint density at radius 1 is 1.28 bits per heavy atom. The first-order chi connectivity index (χ1) is 8.42. The molecule has 4 N–H and O–H groups in total. The van der Waals surface area contributed by atoms with Gasteiger partial charge in [0.25, 0.3) is 10.2 Å². The largest absolute Gasteiger partial charge is 0.382 e. The molecule has 0 amide bonds. The Bertz CT molecular complexity index is 516. The summed E-state index contributed by atoms with van der Waals surface area (Å²) in [7, 11) is -3.71. The summed E-state index contributed by atoms with van der Waals surface area (Å²) in [5.41, 5.74) is 1.40. The highest BCUT2D eigenvalue weighted by atomic mass is 32.2. The molecule has 0 saturated heterocycles. The van der Waals surface area contributed by atoms with Crippen molar-refractivity contribution < 1.29 is 8.42 Å². The fraction of sp³-hybridized carbons (Fsp3) is 0.500. The minimum Gasteiger partial charge on any atom is -0.382 e. The van der Waals surface area contributed by atoms with Crippen LogP contribution in [0.2, 0.25) is 0 Å². The summed E-state index contributed by atoms with van der Waals surface area (Å²) < 4.78 is 24.2. The lowest BCUT2D eigenvalue weighted by Gasteiger charge is -2.15. The lowest BCUT2D eigenvalue weighted by atomic mass is 10.1. The fourth-order valence-corrected chi connectivity index (χ4v) is 2.87. The van der Waals surface area contributed by atoms with Crippen LogP contribution < -0.4 is 15.2 Å². The van der Waals surface area contributed by atoms with Gasteiger partial charge < -0.3 is 5.32 Å². The van der Waals surface area contributed by atoms with E-state index in [4.69, 9.17) is 5.14 Å². The first-order valence-electron chi connectivity index (χ1n) is 6.09. The Labute approximate surface area is 108 Å². The summed E-state index contributed by atoms with van der Waals surface area (Å²) in [6.07, 6.45) is 3.56. The minimum atomic E-state index is -3.71. The SMILES string of the molecule is CC1CCC(Nc2cccc(NS(N)(=O)=O)c2)C1. The maximum absolute atomic E-state index is 10.9. The monoisotopic (exact) mass is 269 g/mol. The van der Waals surface area contributed by atoms with Crippen LogP contribution in [0.5, 0.6) is 0 Å². The molecule has 1 aliphatic rings. The molecule has 1 saturated carbocycles. The molecule has 2 unspecified atom stereocenters. The third-order valence-corrected chi connectivity index (χ3v) is 3.71. The molecule has 1 aromatic rings. The second-order valence-corrected chi connectivity index (χ2v) is 6.28. The zero-order chi connectivity index (χ0) is 13.2. The van der Waals surface area contributed by atoms with Gasteiger partial charge in [-0.25, -0.2) is 5.14 Å². The van der Waals surface area contributed by atoms with Crippen molar-refractivity contribution >= 4 is 21.6 Å². The van der Waals surface area contributed by atoms with E-state index in [2.05, 4.69) is 17.0 Å². The van der Waals surface area contributed by atoms with E-state index < -0.39 is 10.2 Å². The van der Waals surface area contributed by atoms with Crippen LogP contribution >= 0.6 is 0 Å². The van der Waals surface area contributed by atoms with Crippen LogP contribution in [0.4, 0.5) is 11.4 Å². The molecule has 0 spiro atoms. The number of nitrogens with two attached hydrogens (primary N) is 1. The third-order valence-electron chi connectivity index (χ3n) is 3.19. The average Bonchev–Trinajstić information content (AvgIpc) is 2.62. The van der Waals surface area contributed by atoms with E-state index in [1.165, 1.54) is 6.42 Å². The van der Waals surface area contributed by atoms with Gasteiger partial charge in [-0.3, -0.25) is 4.72 Å². The summed E-state index contributed by atoms with van der Waals surface area (Å²) in [6.45, 7) is 2.25. The van der Waals surface area contributed by atoms with Crippen molar-refractivity contribution in [1.82, 2.24) is 0 Å². The van der Waals surface area contributed by atoms with E-state index in [-0.39, 0.29) is 0 Å². The van der Waals surface area contributed by atoms with E-state index in [0.717, 1.165) is 24.4 Å². The molecule has 0 radical (unpaired) electrons. The predicted molar refractivity (Wildman–Crippen MR) is 73.6 cm³/mol. The van der Waals surface area contributed by atoms with Crippen molar-refractivity contribution in [3.8, 4) is 0 Å². The van der Waals surface area contributed by atoms with Gasteiger partial charge in [0, 0.05) is 11.7 Å². The molecule has 0 bridgehead atoms. The van der Waals surface area contributed by atoms with Crippen LogP contribution in [0.15, 0.2) is 24.3 Å². The molecule has 5 nitrogen and oxygen atoms in total. The molecule has 1 fully saturated rings. The Balaban J connectivity index is 2.03. The molecule has 1 aliphatic carbocycles. The maximum Gasteiger partial charge on any atom is 0.296 e. The third kappa shape index (κ3) is 3.89. The molecule has 100 valence electrons. The highest BCUT2D eigenvalue weighted by Gasteiger charge is 2.20. The Kier molecular flexibility index (Phi) is 3.77. The van der Waals surface area contributed by atoms with Gasteiger partial charge in [-0.15, -0.1) is 0 Å². The summed E-state index contributed by atoms with van der Waals surface area (Å²) in [4.78, 5) is 0. The normalized spacial score (nSPS) is 23.9. The van der Waals surface area contributed by atoms with Gasteiger partial charge in [0.2, 0.25) is 0 Å². The average molecular weight is 269 g/mol. The van der Waals surface area contributed by atoms with Gasteiger partial charge in [0.15, 0.2) is 0 Å². The number of rotatable bonds is 4. The van der Waals surface area contributed by atoms with Gasteiger partial charge in [-0.1, -0.05) is 13.0 Å². The van der Waals surface area contributed by atoms with Gasteiger partial charge in [0.05, 0.1) is 5.69 Å². The first kappa shape index (κ1) is 13.2. The van der Waals surface area contributed by atoms with E-state index >= 15 is 0 Å². The van der Waals surface area contributed by atoms with Gasteiger partial charge in [-0.05, 0) is 43.4 Å². The van der Waals surface area contributed by atoms with Crippen LogP contribution in [-0.2, 0) is 10.2 Å². The Morgan fingerprint density at radius 3 is 2.61 bits per heavy atom. The number of anilines is 2. The van der Waals surface area contributed by atoms with Crippen molar-refractivity contribution in [2.24, 2.45) is 11.1 Å². The smallest absolute Gasteiger partial charge is 0.296 e. The summed E-state index contributed by atoms with van der Waals surface area (Å²) >= 11 is 0. The number of hydrogen-bond acceptors (Lipinski definition) is 3. The van der Waals surface area contributed by atoms with E-state index in [9.17, 15) is 8.42 Å². The Morgan fingerprint density at radius 2 is 2.00 bits per heavy atom. The zero-order valence-electron chi connectivity index (χ0n) is 10.4. The summed E-state index contributed by atoms with van der Waals surface area (Å²) in [5.74, 6) is 0.758. The van der Waals surface area contributed by atoms with Crippen molar-refractivity contribution in [1.29, 1.82) is 0 Å². The summed E-state index contributed by atoms with van der Waals surface area (Å²) in [5, 5.41) is 8.36. The number of nitrogens with one attached hydrogen (secondary N) is 2. The van der Waals surface area contributed by atoms with Crippen LogP contribution in [-0.4, -0.2) is 14.5 Å². The molecule has 0 heterocycles. The molecule has 6 heteroatoms. The fourth-order valence-electron chi connectivity index (χ4n) is 2.41. The van der Waals surface area contributed by atoms with Gasteiger partial charge in [0.1, 0.15) is 0 Å². The topological polar surface area (TPSA) is 84.2 Å². The van der Waals surface area contributed by atoms with Crippen molar-refractivity contribution in [3.05, 3.63) is 24.3 Å².